The Morgan fingerprint density at radius 1 is 1.17 bits per heavy atom. The summed E-state index contributed by atoms with van der Waals surface area (Å²) < 4.78 is 0. The van der Waals surface area contributed by atoms with Crippen LogP contribution in [0, 0.1) is 5.92 Å². The molecule has 0 bridgehead atoms. The van der Waals surface area contributed by atoms with E-state index in [1.54, 1.807) is 0 Å². The molecule has 2 aliphatic heterocycles. The van der Waals surface area contributed by atoms with Gasteiger partial charge in [-0.15, -0.1) is 0 Å². The first-order valence-electron chi connectivity index (χ1n) is 7.94. The average Bonchev–Trinajstić information content (AvgIpc) is 2.39. The molecule has 2 heterocycles. The number of nitrogens with one attached hydrogen (secondary N) is 1. The summed E-state index contributed by atoms with van der Waals surface area (Å²) in [6, 6.07) is 0.883. The Hall–Kier alpha value is -0.120. The molecule has 0 aromatic rings. The molecule has 3 heteroatoms. The molecule has 2 fully saturated rings. The van der Waals surface area contributed by atoms with E-state index < -0.39 is 0 Å². The summed E-state index contributed by atoms with van der Waals surface area (Å²) in [5.41, 5.74) is 0. The van der Waals surface area contributed by atoms with E-state index in [9.17, 15) is 0 Å². The molecule has 0 aromatic carbocycles. The predicted molar refractivity (Wildman–Crippen MR) is 78.0 cm³/mol. The van der Waals surface area contributed by atoms with E-state index >= 15 is 0 Å². The molecule has 0 aliphatic carbocycles. The maximum atomic E-state index is 3.50. The van der Waals surface area contributed by atoms with Crippen molar-refractivity contribution in [3.8, 4) is 0 Å². The van der Waals surface area contributed by atoms with E-state index in [1.807, 2.05) is 0 Å². The van der Waals surface area contributed by atoms with E-state index in [0.717, 1.165) is 12.0 Å². The van der Waals surface area contributed by atoms with Crippen LogP contribution < -0.4 is 5.32 Å². The van der Waals surface area contributed by atoms with Gasteiger partial charge in [0.1, 0.15) is 0 Å². The molecular weight excluding hydrogens is 222 g/mol. The lowest BCUT2D eigenvalue weighted by Crippen LogP contribution is -2.52. The van der Waals surface area contributed by atoms with Gasteiger partial charge in [-0.05, 0) is 77.8 Å². The minimum Gasteiger partial charge on any atom is -0.317 e. The van der Waals surface area contributed by atoms with Gasteiger partial charge in [0.05, 0.1) is 0 Å². The molecule has 2 aliphatic rings. The van der Waals surface area contributed by atoms with Crippen LogP contribution in [-0.2, 0) is 0 Å². The molecule has 3 nitrogen and oxygen atoms in total. The van der Waals surface area contributed by atoms with Crippen molar-refractivity contribution >= 4 is 0 Å². The second-order valence-corrected chi connectivity index (χ2v) is 6.14. The zero-order valence-corrected chi connectivity index (χ0v) is 12.3. The van der Waals surface area contributed by atoms with Crippen molar-refractivity contribution in [2.24, 2.45) is 5.92 Å². The molecule has 106 valence electrons. The average molecular weight is 253 g/mol. The normalized spacial score (nSPS) is 30.3. The molecule has 2 rings (SSSR count). The lowest BCUT2D eigenvalue weighted by molar-refractivity contribution is 0.0383. The molecule has 2 unspecified atom stereocenters. The maximum absolute atomic E-state index is 3.50. The molecule has 0 spiro atoms. The van der Waals surface area contributed by atoms with Crippen LogP contribution in [0.4, 0.5) is 0 Å². The van der Waals surface area contributed by atoms with Crippen LogP contribution in [0.25, 0.3) is 0 Å². The summed E-state index contributed by atoms with van der Waals surface area (Å²) in [6.07, 6.45) is 6.82. The number of nitrogens with zero attached hydrogens (tertiary/aromatic N) is 2. The van der Waals surface area contributed by atoms with E-state index in [4.69, 9.17) is 0 Å². The molecule has 2 atom stereocenters. The van der Waals surface area contributed by atoms with E-state index in [1.165, 1.54) is 71.4 Å². The van der Waals surface area contributed by atoms with Crippen LogP contribution in [0.5, 0.6) is 0 Å². The zero-order chi connectivity index (χ0) is 12.8. The van der Waals surface area contributed by atoms with E-state index in [2.05, 4.69) is 29.1 Å². The molecule has 2 saturated heterocycles. The van der Waals surface area contributed by atoms with Crippen LogP contribution in [0.3, 0.4) is 0 Å². The number of hydrogen-bond donors (Lipinski definition) is 1. The first-order valence-corrected chi connectivity index (χ1v) is 7.94. The smallest absolute Gasteiger partial charge is 0.0145 e. The van der Waals surface area contributed by atoms with Crippen molar-refractivity contribution in [1.29, 1.82) is 0 Å². The first-order chi connectivity index (χ1) is 8.81. The van der Waals surface area contributed by atoms with Crippen molar-refractivity contribution in [2.75, 3.05) is 46.3 Å². The van der Waals surface area contributed by atoms with Crippen LogP contribution in [-0.4, -0.2) is 62.2 Å². The molecule has 1 N–H and O–H groups in total. The van der Waals surface area contributed by atoms with Gasteiger partial charge in [-0.2, -0.15) is 0 Å². The molecule has 0 amide bonds. The van der Waals surface area contributed by atoms with Gasteiger partial charge >= 0.3 is 0 Å². The Labute approximate surface area is 113 Å². The predicted octanol–water partition coefficient (Wildman–Crippen LogP) is 1.79. The SMILES string of the molecule is CCCNCCCN1CCC2C(CCCN2C)C1. The Bertz CT molecular complexity index is 232. The lowest BCUT2D eigenvalue weighted by Gasteiger charge is -2.46. The van der Waals surface area contributed by atoms with Crippen molar-refractivity contribution in [3.63, 3.8) is 0 Å². The number of rotatable bonds is 6. The van der Waals surface area contributed by atoms with Gasteiger partial charge in [0.15, 0.2) is 0 Å². The van der Waals surface area contributed by atoms with Crippen molar-refractivity contribution in [1.82, 2.24) is 15.1 Å². The summed E-state index contributed by atoms with van der Waals surface area (Å²) in [5, 5.41) is 3.50. The molecule has 0 saturated carbocycles. The first kappa shape index (κ1) is 14.3. The molecule has 0 radical (unpaired) electrons. The number of piperidine rings is 2. The van der Waals surface area contributed by atoms with Crippen LogP contribution in [0.15, 0.2) is 0 Å². The number of hydrogen-bond acceptors (Lipinski definition) is 3. The van der Waals surface area contributed by atoms with Crippen LogP contribution in [0.2, 0.25) is 0 Å². The van der Waals surface area contributed by atoms with Crippen molar-refractivity contribution in [3.05, 3.63) is 0 Å². The minimum atomic E-state index is 0.883. The Morgan fingerprint density at radius 3 is 2.89 bits per heavy atom. The number of fused-ring (bicyclic) bond motifs is 1. The van der Waals surface area contributed by atoms with Crippen LogP contribution in [0.1, 0.15) is 39.0 Å². The summed E-state index contributed by atoms with van der Waals surface area (Å²) in [4.78, 5) is 5.31. The van der Waals surface area contributed by atoms with E-state index in [0.29, 0.717) is 0 Å². The number of likely N-dealkylation sites (tertiary alicyclic amines) is 2. The second-order valence-electron chi connectivity index (χ2n) is 6.14. The quantitative estimate of drug-likeness (QED) is 0.728. The summed E-state index contributed by atoms with van der Waals surface area (Å²) in [5.74, 6) is 0.945. The third-order valence-corrected chi connectivity index (χ3v) is 4.68. The fraction of sp³-hybridized carbons (Fsp3) is 1.00. The highest BCUT2D eigenvalue weighted by atomic mass is 15.2. The second kappa shape index (κ2) is 7.46. The van der Waals surface area contributed by atoms with Gasteiger partial charge in [0, 0.05) is 12.6 Å². The highest BCUT2D eigenvalue weighted by Gasteiger charge is 2.33. The monoisotopic (exact) mass is 253 g/mol. The fourth-order valence-corrected chi connectivity index (χ4v) is 3.66. The van der Waals surface area contributed by atoms with E-state index in [-0.39, 0.29) is 0 Å². The molecule has 18 heavy (non-hydrogen) atoms. The third-order valence-electron chi connectivity index (χ3n) is 4.68. The molecular formula is C15H31N3. The summed E-state index contributed by atoms with van der Waals surface area (Å²) in [6.45, 7) is 9.89. The Morgan fingerprint density at radius 2 is 2.06 bits per heavy atom. The zero-order valence-electron chi connectivity index (χ0n) is 12.3. The largest absolute Gasteiger partial charge is 0.317 e. The van der Waals surface area contributed by atoms with Gasteiger partial charge in [-0.25, -0.2) is 0 Å². The minimum absolute atomic E-state index is 0.883. The summed E-state index contributed by atoms with van der Waals surface area (Å²) in [7, 11) is 2.32. The van der Waals surface area contributed by atoms with Gasteiger partial charge in [-0.3, -0.25) is 0 Å². The van der Waals surface area contributed by atoms with Gasteiger partial charge in [-0.1, -0.05) is 6.92 Å². The maximum Gasteiger partial charge on any atom is 0.0145 e. The lowest BCUT2D eigenvalue weighted by atomic mass is 9.84. The van der Waals surface area contributed by atoms with Gasteiger partial charge in [0.2, 0.25) is 0 Å². The summed E-state index contributed by atoms with van der Waals surface area (Å²) >= 11 is 0. The Kier molecular flexibility index (Phi) is 5.93. The standard InChI is InChI=1S/C15H31N3/c1-3-8-16-9-5-11-18-12-7-15-14(13-18)6-4-10-17(15)2/h14-16H,3-13H2,1-2H3. The van der Waals surface area contributed by atoms with Gasteiger partial charge < -0.3 is 15.1 Å². The fourth-order valence-electron chi connectivity index (χ4n) is 3.66. The van der Waals surface area contributed by atoms with Gasteiger partial charge in [0.25, 0.3) is 0 Å². The topological polar surface area (TPSA) is 18.5 Å². The van der Waals surface area contributed by atoms with Crippen LogP contribution >= 0.6 is 0 Å². The highest BCUT2D eigenvalue weighted by molar-refractivity contribution is 4.89. The molecule has 0 aromatic heterocycles. The van der Waals surface area contributed by atoms with Crippen molar-refractivity contribution < 1.29 is 0 Å². The van der Waals surface area contributed by atoms with Crippen molar-refractivity contribution in [2.45, 2.75) is 45.1 Å². The Balaban J connectivity index is 1.64. The highest BCUT2D eigenvalue weighted by Crippen LogP contribution is 2.29. The third kappa shape index (κ3) is 3.94.